The topological polar surface area (TPSA) is 66.9 Å². The minimum absolute atomic E-state index is 0.0450. The van der Waals surface area contributed by atoms with Gasteiger partial charge in [0.25, 0.3) is 22.9 Å². The number of benzene rings is 2. The third kappa shape index (κ3) is 4.10. The minimum Gasteiger partial charge on any atom is -0.468 e. The quantitative estimate of drug-likeness (QED) is 0.428. The molecule has 0 spiro atoms. The van der Waals surface area contributed by atoms with Crippen LogP contribution in [0.5, 0.6) is 0 Å². The summed E-state index contributed by atoms with van der Waals surface area (Å²) >= 11 is 6.51. The molecule has 2 aromatic carbocycles. The maximum Gasteiger partial charge on any atom is 0.275 e. The minimum atomic E-state index is -0.532. The van der Waals surface area contributed by atoms with E-state index in [-0.39, 0.29) is 24.0 Å². The van der Waals surface area contributed by atoms with Crippen molar-refractivity contribution in [2.75, 3.05) is 18.1 Å². The van der Waals surface area contributed by atoms with Gasteiger partial charge in [-0.15, -0.1) is 11.3 Å². The van der Waals surface area contributed by atoms with E-state index in [1.807, 2.05) is 0 Å². The molecule has 6 nitrogen and oxygen atoms in total. The summed E-state index contributed by atoms with van der Waals surface area (Å²) < 4.78 is 19.3. The lowest BCUT2D eigenvalue weighted by Crippen LogP contribution is -2.39. The highest BCUT2D eigenvalue weighted by molar-refractivity contribution is 7.80. The van der Waals surface area contributed by atoms with Crippen molar-refractivity contribution in [3.8, 4) is 0 Å². The van der Waals surface area contributed by atoms with Gasteiger partial charge in [-0.2, -0.15) is 0 Å². The normalized spacial score (nSPS) is 12.6. The van der Waals surface area contributed by atoms with Crippen molar-refractivity contribution >= 4 is 52.1 Å². The van der Waals surface area contributed by atoms with Crippen molar-refractivity contribution in [1.82, 2.24) is 4.90 Å². The molecule has 156 valence electrons. The summed E-state index contributed by atoms with van der Waals surface area (Å²) in [6.45, 7) is -0.162. The van der Waals surface area contributed by atoms with Crippen LogP contribution in [-0.4, -0.2) is 40.9 Å². The van der Waals surface area contributed by atoms with Crippen molar-refractivity contribution in [3.05, 3.63) is 87.9 Å². The average Bonchev–Trinajstić information content (AvgIpc) is 3.38. The van der Waals surface area contributed by atoms with Gasteiger partial charge in [0.15, 0.2) is 0 Å². The lowest BCUT2D eigenvalue weighted by Gasteiger charge is -2.23. The molecule has 4 rings (SSSR count). The average molecular weight is 455 g/mol. The van der Waals surface area contributed by atoms with Crippen molar-refractivity contribution in [2.24, 2.45) is 0 Å². The van der Waals surface area contributed by atoms with E-state index in [4.69, 9.17) is 17.0 Å². The zero-order valence-corrected chi connectivity index (χ0v) is 17.6. The molecule has 3 aromatic rings. The van der Waals surface area contributed by atoms with Crippen molar-refractivity contribution in [1.29, 1.82) is 0 Å². The Morgan fingerprint density at radius 2 is 1.74 bits per heavy atom. The number of hydrogen-bond acceptors (Lipinski definition) is 6. The standard InChI is InChI=1S/C22H15FN2O4S2/c23-14-5-3-6-15(13-14)25(21(28)18-9-4-12-31-18)22(30)29-11-10-24-19(26)16-7-1-2-8-17(16)20(24)27/h1-9,12-13H,10-11H2. The maximum atomic E-state index is 13.8. The Morgan fingerprint density at radius 3 is 2.35 bits per heavy atom. The molecule has 0 atom stereocenters. The van der Waals surface area contributed by atoms with Crippen LogP contribution in [0.15, 0.2) is 66.0 Å². The van der Waals surface area contributed by atoms with E-state index < -0.39 is 23.5 Å². The predicted molar refractivity (Wildman–Crippen MR) is 118 cm³/mol. The van der Waals surface area contributed by atoms with Gasteiger partial charge in [0.05, 0.1) is 28.2 Å². The first-order chi connectivity index (χ1) is 15.0. The van der Waals surface area contributed by atoms with Crippen molar-refractivity contribution in [2.45, 2.75) is 0 Å². The summed E-state index contributed by atoms with van der Waals surface area (Å²) in [6, 6.07) is 15.3. The number of fused-ring (bicyclic) bond motifs is 1. The molecule has 0 unspecified atom stereocenters. The molecule has 3 amide bonds. The molecule has 0 radical (unpaired) electrons. The monoisotopic (exact) mass is 454 g/mol. The van der Waals surface area contributed by atoms with Gasteiger partial charge in [0, 0.05) is 0 Å². The van der Waals surface area contributed by atoms with E-state index in [0.717, 1.165) is 9.80 Å². The number of halogens is 1. The molecule has 1 aliphatic rings. The second-order valence-corrected chi connectivity index (χ2v) is 7.82. The first-order valence-electron chi connectivity index (χ1n) is 9.23. The summed E-state index contributed by atoms with van der Waals surface area (Å²) in [6.07, 6.45) is 0. The maximum absolute atomic E-state index is 13.8. The van der Waals surface area contributed by atoms with E-state index in [2.05, 4.69) is 0 Å². The van der Waals surface area contributed by atoms with Crippen LogP contribution < -0.4 is 4.90 Å². The SMILES string of the molecule is O=C1c2ccccc2C(=O)N1CCOC(=S)N(C(=O)c1cccs1)c1cccc(F)c1. The summed E-state index contributed by atoms with van der Waals surface area (Å²) in [5, 5.41) is 1.53. The summed E-state index contributed by atoms with van der Waals surface area (Å²) in [7, 11) is 0. The highest BCUT2D eigenvalue weighted by Gasteiger charge is 2.35. The molecule has 0 bridgehead atoms. The molecule has 0 fully saturated rings. The lowest BCUT2D eigenvalue weighted by atomic mass is 10.1. The fourth-order valence-electron chi connectivity index (χ4n) is 3.16. The number of rotatable bonds is 5. The van der Waals surface area contributed by atoms with Crippen LogP contribution in [0.1, 0.15) is 30.4 Å². The second kappa shape index (κ2) is 8.75. The first-order valence-corrected chi connectivity index (χ1v) is 10.5. The van der Waals surface area contributed by atoms with Gasteiger partial charge in [-0.05, 0) is 54.0 Å². The van der Waals surface area contributed by atoms with Crippen molar-refractivity contribution in [3.63, 3.8) is 0 Å². The van der Waals surface area contributed by atoms with Crippen molar-refractivity contribution < 1.29 is 23.5 Å². The van der Waals surface area contributed by atoms with E-state index in [1.54, 1.807) is 41.8 Å². The van der Waals surface area contributed by atoms with Gasteiger partial charge >= 0.3 is 0 Å². The molecule has 9 heteroatoms. The Balaban J connectivity index is 1.48. The molecule has 0 saturated carbocycles. The number of amides is 3. The van der Waals surface area contributed by atoms with Crippen LogP contribution in [0.3, 0.4) is 0 Å². The molecule has 1 aromatic heterocycles. The van der Waals surface area contributed by atoms with Crippen LogP contribution in [-0.2, 0) is 4.74 Å². The number of nitrogens with zero attached hydrogens (tertiary/aromatic N) is 2. The smallest absolute Gasteiger partial charge is 0.275 e. The lowest BCUT2D eigenvalue weighted by molar-refractivity contribution is 0.0627. The number of thiophene rings is 1. The number of imide groups is 1. The van der Waals surface area contributed by atoms with Gasteiger partial charge in [-0.25, -0.2) is 9.29 Å². The molecule has 2 heterocycles. The molecule has 0 aliphatic carbocycles. The zero-order valence-electron chi connectivity index (χ0n) is 16.0. The fourth-order valence-corrected chi connectivity index (χ4v) is 4.09. The zero-order chi connectivity index (χ0) is 22.0. The summed E-state index contributed by atoms with van der Waals surface area (Å²) in [4.78, 5) is 40.4. The number of hydrogen-bond donors (Lipinski definition) is 0. The van der Waals surface area contributed by atoms with Crippen LogP contribution in [0.4, 0.5) is 10.1 Å². The van der Waals surface area contributed by atoms with E-state index in [9.17, 15) is 18.8 Å². The predicted octanol–water partition coefficient (Wildman–Crippen LogP) is 4.13. The molecular formula is C22H15FN2O4S2. The number of thiocarbonyl (C=S) groups is 1. The highest BCUT2D eigenvalue weighted by atomic mass is 32.1. The largest absolute Gasteiger partial charge is 0.468 e. The van der Waals surface area contributed by atoms with E-state index >= 15 is 0 Å². The number of carbonyl (C=O) groups is 3. The molecular weight excluding hydrogens is 439 g/mol. The van der Waals surface area contributed by atoms with Gasteiger partial charge in [-0.3, -0.25) is 19.3 Å². The second-order valence-electron chi connectivity index (χ2n) is 6.52. The number of carbonyl (C=O) groups excluding carboxylic acids is 3. The van der Waals surface area contributed by atoms with Crippen LogP contribution in [0.2, 0.25) is 0 Å². The number of anilines is 1. The van der Waals surface area contributed by atoms with Crippen LogP contribution in [0, 0.1) is 5.82 Å². The Bertz CT molecular complexity index is 1140. The summed E-state index contributed by atoms with van der Waals surface area (Å²) in [5.41, 5.74) is 0.887. The van der Waals surface area contributed by atoms with Gasteiger partial charge in [-0.1, -0.05) is 24.3 Å². The molecule has 31 heavy (non-hydrogen) atoms. The Labute approximate surface area is 186 Å². The molecule has 1 aliphatic heterocycles. The molecule has 0 N–H and O–H groups in total. The Morgan fingerprint density at radius 1 is 1.03 bits per heavy atom. The summed E-state index contributed by atoms with van der Waals surface area (Å²) in [5.74, 6) is -1.82. The Kier molecular flexibility index (Phi) is 5.88. The number of ether oxygens (including phenoxy) is 1. The van der Waals surface area contributed by atoms with Crippen LogP contribution in [0.25, 0.3) is 0 Å². The van der Waals surface area contributed by atoms with Crippen LogP contribution >= 0.6 is 23.6 Å². The first kappa shape index (κ1) is 20.8. The van der Waals surface area contributed by atoms with Gasteiger partial charge < -0.3 is 4.74 Å². The molecule has 0 saturated heterocycles. The third-order valence-corrected chi connectivity index (χ3v) is 5.76. The van der Waals surface area contributed by atoms with Gasteiger partial charge in [0.1, 0.15) is 12.4 Å². The fraction of sp³-hybridized carbons (Fsp3) is 0.0909. The Hall–Kier alpha value is -3.43. The van der Waals surface area contributed by atoms with E-state index in [0.29, 0.717) is 16.0 Å². The van der Waals surface area contributed by atoms with E-state index in [1.165, 1.54) is 35.6 Å². The third-order valence-electron chi connectivity index (χ3n) is 4.60. The van der Waals surface area contributed by atoms with Gasteiger partial charge in [0.2, 0.25) is 0 Å². The highest BCUT2D eigenvalue weighted by Crippen LogP contribution is 2.24.